The molecule has 0 spiro atoms. The van der Waals surface area contributed by atoms with Crippen LogP contribution in [0, 0.1) is 11.7 Å². The highest BCUT2D eigenvalue weighted by Gasteiger charge is 2.42. The van der Waals surface area contributed by atoms with E-state index in [0.717, 1.165) is 32.1 Å². The Kier molecular flexibility index (Phi) is 7.89. The average molecular weight is 731 g/mol. The molecule has 3 N–H and O–H groups in total. The third-order valence-electron chi connectivity index (χ3n) is 11.4. The van der Waals surface area contributed by atoms with Gasteiger partial charge in [0.2, 0.25) is 0 Å². The van der Waals surface area contributed by atoms with Gasteiger partial charge in [-0.15, -0.1) is 0 Å². The van der Waals surface area contributed by atoms with Gasteiger partial charge in [0.25, 0.3) is 17.7 Å². The number of hydrogen-bond acceptors (Lipinski definition) is 6. The van der Waals surface area contributed by atoms with Crippen molar-refractivity contribution in [3.8, 4) is 11.5 Å². The van der Waals surface area contributed by atoms with Crippen LogP contribution in [-0.4, -0.2) is 65.4 Å². The predicted molar refractivity (Wildman–Crippen MR) is 190 cm³/mol. The van der Waals surface area contributed by atoms with Crippen LogP contribution in [0.4, 0.5) is 13.2 Å². The van der Waals surface area contributed by atoms with Gasteiger partial charge in [0.1, 0.15) is 22.1 Å². The van der Waals surface area contributed by atoms with E-state index in [0.29, 0.717) is 46.4 Å². The fourth-order valence-electron chi connectivity index (χ4n) is 8.55. The Morgan fingerprint density at radius 1 is 1.04 bits per heavy atom. The quantitative estimate of drug-likeness (QED) is 0.193. The Balaban J connectivity index is 1.16. The first-order chi connectivity index (χ1) is 24.9. The maximum Gasteiger partial charge on any atom is 0.265 e. The topological polar surface area (TPSA) is 124 Å². The molecule has 4 bridgehead atoms. The molecule has 2 amide bonds. The highest BCUT2D eigenvalue weighted by atomic mass is 35.5. The van der Waals surface area contributed by atoms with E-state index in [2.05, 4.69) is 10.3 Å². The molecule has 5 aromatic rings. The standard InChI is InChI=1S/C38H38ClF3N8O2/c1-19-28-10-5-21-16-31(49(34(21)46-28)18-38(41,42)12-2-3-29-25(36(51)44-19)9-11-32(39)45-29)35-47-30-15-22(14-26(40)33(30)50(35)23-7-8-23)37(52)48-17-27(43)20-4-6-24(48)13-20/h5,9-11,14-16,19-20,23-24,27H,2-4,6-8,12-13,17-18,43H2,1H3,(H,44,51)/t19-,20-,24+,27+/m1/s1. The van der Waals surface area contributed by atoms with E-state index in [-0.39, 0.29) is 64.2 Å². The van der Waals surface area contributed by atoms with E-state index >= 15 is 13.2 Å². The van der Waals surface area contributed by atoms with Gasteiger partial charge in [0, 0.05) is 42.0 Å². The number of aryl methyl sites for hydroxylation is 1. The number of carbonyl (C=O) groups is 2. The second-order valence-electron chi connectivity index (χ2n) is 15.0. The molecule has 3 fully saturated rings. The van der Waals surface area contributed by atoms with Crippen LogP contribution < -0.4 is 11.1 Å². The number of fused-ring (bicyclic) bond motifs is 5. The molecule has 14 heteroatoms. The number of piperidine rings is 1. The van der Waals surface area contributed by atoms with Gasteiger partial charge in [-0.05, 0) is 100 Å². The van der Waals surface area contributed by atoms with E-state index in [1.807, 2.05) is 0 Å². The number of nitrogens with one attached hydrogen (secondary N) is 1. The zero-order valence-electron chi connectivity index (χ0n) is 28.6. The third kappa shape index (κ3) is 5.72. The predicted octanol–water partition coefficient (Wildman–Crippen LogP) is 6.99. The highest BCUT2D eigenvalue weighted by molar-refractivity contribution is 6.29. The molecule has 1 aromatic carbocycles. The molecule has 4 atom stereocenters. The number of benzene rings is 1. The number of amides is 2. The lowest BCUT2D eigenvalue weighted by Crippen LogP contribution is -2.51. The van der Waals surface area contributed by atoms with E-state index < -0.39 is 36.7 Å². The summed E-state index contributed by atoms with van der Waals surface area (Å²) in [5, 5.41) is 3.75. The Hall–Kier alpha value is -4.49. The van der Waals surface area contributed by atoms with Crippen LogP contribution in [0.3, 0.4) is 0 Å². The first kappa shape index (κ1) is 33.4. The van der Waals surface area contributed by atoms with Crippen LogP contribution in [0.2, 0.25) is 5.15 Å². The van der Waals surface area contributed by atoms with Gasteiger partial charge < -0.3 is 25.1 Å². The lowest BCUT2D eigenvalue weighted by atomic mass is 9.94. The fraction of sp³-hybridized carbons (Fsp3) is 0.447. The van der Waals surface area contributed by atoms with Crippen LogP contribution in [0.5, 0.6) is 0 Å². The van der Waals surface area contributed by atoms with Crippen molar-refractivity contribution in [1.82, 2.24) is 34.3 Å². The van der Waals surface area contributed by atoms with Gasteiger partial charge in [-0.3, -0.25) is 9.59 Å². The molecule has 10 nitrogen and oxygen atoms in total. The minimum absolute atomic E-state index is 0.0510. The minimum Gasteiger partial charge on any atom is -0.344 e. The molecule has 4 aromatic heterocycles. The number of imidazole rings is 1. The summed E-state index contributed by atoms with van der Waals surface area (Å²) in [6, 6.07) is 10.6. The first-order valence-corrected chi connectivity index (χ1v) is 18.4. The van der Waals surface area contributed by atoms with Crippen molar-refractivity contribution in [3.63, 3.8) is 0 Å². The van der Waals surface area contributed by atoms with Gasteiger partial charge in [-0.2, -0.15) is 0 Å². The van der Waals surface area contributed by atoms with Crippen LogP contribution in [0.25, 0.3) is 33.6 Å². The molecule has 2 aliphatic carbocycles. The van der Waals surface area contributed by atoms with E-state index in [9.17, 15) is 9.59 Å². The number of rotatable bonds is 3. The maximum absolute atomic E-state index is 16.3. The molecular formula is C38H38ClF3N8O2. The van der Waals surface area contributed by atoms with Crippen molar-refractivity contribution in [3.05, 3.63) is 75.9 Å². The van der Waals surface area contributed by atoms with Gasteiger partial charge in [-0.25, -0.2) is 28.1 Å². The maximum atomic E-state index is 16.3. The SMILES string of the molecule is C[C@H]1NC(=O)c2ccc(Cl)nc2CCCC(F)(F)Cn2c(-c3nc4cc(C(=O)N5C[C@H](N)[C@@H]6CC[C@H]5C6)cc(F)c4n3C3CC3)cc3ccc1nc32. The number of carbonyl (C=O) groups excluding carboxylic acids is 2. The fourth-order valence-corrected chi connectivity index (χ4v) is 8.72. The zero-order valence-corrected chi connectivity index (χ0v) is 29.3. The largest absolute Gasteiger partial charge is 0.344 e. The van der Waals surface area contributed by atoms with Crippen molar-refractivity contribution in [2.45, 2.75) is 94.9 Å². The summed E-state index contributed by atoms with van der Waals surface area (Å²) in [5.41, 5.74) is 8.91. The summed E-state index contributed by atoms with van der Waals surface area (Å²) in [4.78, 5) is 43.0. The molecule has 52 heavy (non-hydrogen) atoms. The van der Waals surface area contributed by atoms with E-state index in [4.69, 9.17) is 27.3 Å². The summed E-state index contributed by atoms with van der Waals surface area (Å²) < 4.78 is 51.7. The number of pyridine rings is 2. The van der Waals surface area contributed by atoms with Gasteiger partial charge in [0.15, 0.2) is 5.82 Å². The molecular weight excluding hydrogens is 693 g/mol. The average Bonchev–Trinajstić information content (AvgIpc) is 3.58. The summed E-state index contributed by atoms with van der Waals surface area (Å²) in [6.45, 7) is 1.51. The molecule has 270 valence electrons. The Labute approximate surface area is 302 Å². The summed E-state index contributed by atoms with van der Waals surface area (Å²) in [6.07, 6.45) is 3.97. The number of likely N-dealkylation sites (tertiary alicyclic amines) is 1. The first-order valence-electron chi connectivity index (χ1n) is 18.1. The highest BCUT2D eigenvalue weighted by Crippen LogP contribution is 2.44. The summed E-state index contributed by atoms with van der Waals surface area (Å²) >= 11 is 6.13. The van der Waals surface area contributed by atoms with Crippen molar-refractivity contribution in [1.29, 1.82) is 0 Å². The van der Waals surface area contributed by atoms with Crippen LogP contribution in [0.15, 0.2) is 42.5 Å². The molecule has 6 heterocycles. The number of alkyl halides is 2. The lowest BCUT2D eigenvalue weighted by molar-refractivity contribution is -0.0248. The molecule has 9 rings (SSSR count). The third-order valence-corrected chi connectivity index (χ3v) is 11.6. The Morgan fingerprint density at radius 3 is 2.65 bits per heavy atom. The van der Waals surface area contributed by atoms with Crippen molar-refractivity contribution in [2.75, 3.05) is 6.54 Å². The lowest BCUT2D eigenvalue weighted by Gasteiger charge is -2.37. The Bertz CT molecular complexity index is 2280. The van der Waals surface area contributed by atoms with Crippen molar-refractivity contribution < 1.29 is 22.8 Å². The molecule has 4 aliphatic rings. The zero-order chi connectivity index (χ0) is 36.1. The van der Waals surface area contributed by atoms with Gasteiger partial charge in [0.05, 0.1) is 40.7 Å². The summed E-state index contributed by atoms with van der Waals surface area (Å²) in [5.74, 6) is -3.71. The molecule has 0 radical (unpaired) electrons. The number of nitrogens with zero attached hydrogens (tertiary/aromatic N) is 6. The van der Waals surface area contributed by atoms with E-state index in [1.54, 1.807) is 46.7 Å². The number of halogens is 4. The number of nitrogens with two attached hydrogens (primary N) is 1. The molecule has 1 saturated heterocycles. The molecule has 2 saturated carbocycles. The Morgan fingerprint density at radius 2 is 1.85 bits per heavy atom. The van der Waals surface area contributed by atoms with Gasteiger partial charge >= 0.3 is 0 Å². The van der Waals surface area contributed by atoms with Crippen LogP contribution in [0.1, 0.15) is 96.1 Å². The van der Waals surface area contributed by atoms with Crippen LogP contribution >= 0.6 is 11.6 Å². The number of hydrogen-bond donors (Lipinski definition) is 2. The van der Waals surface area contributed by atoms with E-state index in [1.165, 1.54) is 16.7 Å². The van der Waals surface area contributed by atoms with Crippen LogP contribution in [-0.2, 0) is 13.0 Å². The second kappa shape index (κ2) is 12.3. The summed E-state index contributed by atoms with van der Waals surface area (Å²) in [7, 11) is 0. The normalized spacial score (nSPS) is 24.7. The number of aromatic nitrogens is 5. The van der Waals surface area contributed by atoms with Crippen molar-refractivity contribution >= 4 is 45.5 Å². The molecule has 2 aliphatic heterocycles. The second-order valence-corrected chi connectivity index (χ2v) is 15.4. The van der Waals surface area contributed by atoms with Crippen molar-refractivity contribution in [2.24, 2.45) is 11.7 Å². The minimum atomic E-state index is -3.19. The molecule has 0 unspecified atom stereocenters. The smallest absolute Gasteiger partial charge is 0.265 e. The monoisotopic (exact) mass is 730 g/mol. The van der Waals surface area contributed by atoms with Gasteiger partial charge in [-0.1, -0.05) is 11.6 Å².